The summed E-state index contributed by atoms with van der Waals surface area (Å²) in [6, 6.07) is 50.6. The van der Waals surface area contributed by atoms with Crippen LogP contribution in [-0.4, -0.2) is 11.7 Å². The van der Waals surface area contributed by atoms with Crippen molar-refractivity contribution in [2.45, 2.75) is 12.7 Å². The van der Waals surface area contributed by atoms with Gasteiger partial charge in [-0.2, -0.15) is 0 Å². The maximum Gasteiger partial charge on any atom is 0.169 e. The smallest absolute Gasteiger partial charge is 0.169 e. The van der Waals surface area contributed by atoms with Crippen LogP contribution in [0, 0.1) is 0 Å². The third-order valence-electron chi connectivity index (χ3n) is 10.3. The molecule has 6 nitrogen and oxygen atoms in total. The van der Waals surface area contributed by atoms with Crippen LogP contribution in [0.15, 0.2) is 171 Å². The van der Waals surface area contributed by atoms with Crippen molar-refractivity contribution in [1.82, 2.24) is 10.6 Å². The summed E-state index contributed by atoms with van der Waals surface area (Å²) in [6.45, 7) is 0.640. The zero-order valence-corrected chi connectivity index (χ0v) is 27.9. The van der Waals surface area contributed by atoms with Gasteiger partial charge in [-0.15, -0.1) is 0 Å². The summed E-state index contributed by atoms with van der Waals surface area (Å²) in [5.41, 5.74) is 8.85. The van der Waals surface area contributed by atoms with Gasteiger partial charge in [0, 0.05) is 44.6 Å². The Morgan fingerprint density at radius 1 is 0.538 bits per heavy atom. The summed E-state index contributed by atoms with van der Waals surface area (Å²) < 4.78 is 12.7. The normalized spacial score (nSPS) is 15.7. The standard InChI is InChI=1S/C46H30N4O2/c1-2-11-28-22-30(21-20-27(28)10-1)44-48-45(50-46(49-44)35-16-9-19-40-42(35)33-14-5-7-17-38(33)51-40)31-23-29-12-3-4-13-32(29)36(24-31)37-25-47-26-41-43(37)34-15-6-8-18-39(34)52-41/h1-25,45,47H,26H2,(H,48,49,50). The molecule has 1 atom stereocenters. The molecule has 4 heterocycles. The van der Waals surface area contributed by atoms with Crippen LogP contribution in [0.5, 0.6) is 0 Å². The number of nitrogens with zero attached hydrogens (tertiary/aromatic N) is 2. The highest BCUT2D eigenvalue weighted by Gasteiger charge is 2.27. The number of benzene rings is 7. The van der Waals surface area contributed by atoms with Crippen molar-refractivity contribution in [3.63, 3.8) is 0 Å². The van der Waals surface area contributed by atoms with Crippen molar-refractivity contribution in [1.29, 1.82) is 0 Å². The molecule has 2 N–H and O–H groups in total. The predicted molar refractivity (Wildman–Crippen MR) is 211 cm³/mol. The molecule has 0 aliphatic carbocycles. The van der Waals surface area contributed by atoms with Crippen LogP contribution in [0.4, 0.5) is 0 Å². The molecule has 0 amide bonds. The number of hydrogen-bond acceptors (Lipinski definition) is 6. The van der Waals surface area contributed by atoms with Crippen molar-refractivity contribution in [3.05, 3.63) is 185 Å². The molecule has 6 heteroatoms. The van der Waals surface area contributed by atoms with E-state index < -0.39 is 6.17 Å². The number of furan rings is 2. The molecule has 2 aliphatic heterocycles. The van der Waals surface area contributed by atoms with Gasteiger partial charge in [-0.25, -0.2) is 9.98 Å². The third-order valence-corrected chi connectivity index (χ3v) is 10.3. The molecule has 0 saturated carbocycles. The molecular formula is C46H30N4O2. The summed E-state index contributed by atoms with van der Waals surface area (Å²) in [5.74, 6) is 2.45. The lowest BCUT2D eigenvalue weighted by molar-refractivity contribution is 0.531. The van der Waals surface area contributed by atoms with Crippen molar-refractivity contribution in [3.8, 4) is 0 Å². The van der Waals surface area contributed by atoms with Gasteiger partial charge in [0.2, 0.25) is 0 Å². The number of amidine groups is 2. The topological polar surface area (TPSA) is 75.1 Å². The number of rotatable bonds is 4. The molecule has 2 aliphatic rings. The Kier molecular flexibility index (Phi) is 6.28. The molecule has 11 rings (SSSR count). The van der Waals surface area contributed by atoms with Gasteiger partial charge >= 0.3 is 0 Å². The van der Waals surface area contributed by atoms with Crippen molar-refractivity contribution >= 4 is 71.7 Å². The lowest BCUT2D eigenvalue weighted by atomic mass is 9.89. The Labute approximate surface area is 298 Å². The van der Waals surface area contributed by atoms with E-state index in [1.807, 2.05) is 36.4 Å². The SMILES string of the molecule is C1=C(c2cc(C3N=C(c4ccc5ccccc5c4)NC(c4cccc5oc6ccccc6c45)=N3)cc3ccccc23)c2c(oc3ccccc23)CN1. The first kappa shape index (κ1) is 28.9. The summed E-state index contributed by atoms with van der Waals surface area (Å²) >= 11 is 0. The first-order valence-corrected chi connectivity index (χ1v) is 17.5. The molecule has 9 aromatic rings. The second kappa shape index (κ2) is 11.3. The predicted octanol–water partition coefficient (Wildman–Crippen LogP) is 10.6. The molecule has 2 aromatic heterocycles. The summed E-state index contributed by atoms with van der Waals surface area (Å²) in [6.07, 6.45) is 1.61. The van der Waals surface area contributed by atoms with Gasteiger partial charge in [-0.1, -0.05) is 109 Å². The Balaban J connectivity index is 1.13. The molecule has 0 saturated heterocycles. The molecule has 0 spiro atoms. The molecule has 0 radical (unpaired) electrons. The Morgan fingerprint density at radius 3 is 2.13 bits per heavy atom. The Morgan fingerprint density at radius 2 is 1.25 bits per heavy atom. The molecule has 0 fully saturated rings. The highest BCUT2D eigenvalue weighted by molar-refractivity contribution is 6.23. The first-order valence-electron chi connectivity index (χ1n) is 17.5. The van der Waals surface area contributed by atoms with Gasteiger partial charge in [0.15, 0.2) is 6.17 Å². The number of aliphatic imine (C=N–C) groups is 2. The van der Waals surface area contributed by atoms with Crippen LogP contribution in [0.1, 0.15) is 39.7 Å². The van der Waals surface area contributed by atoms with Gasteiger partial charge in [-0.05, 0) is 69.1 Å². The van der Waals surface area contributed by atoms with Gasteiger partial charge in [0.05, 0.1) is 6.54 Å². The van der Waals surface area contributed by atoms with Crippen molar-refractivity contribution in [2.24, 2.45) is 9.98 Å². The molecule has 52 heavy (non-hydrogen) atoms. The van der Waals surface area contributed by atoms with Crippen LogP contribution in [0.3, 0.4) is 0 Å². The second-order valence-corrected chi connectivity index (χ2v) is 13.4. The summed E-state index contributed by atoms with van der Waals surface area (Å²) in [5, 5.41) is 15.0. The quantitative estimate of drug-likeness (QED) is 0.195. The minimum absolute atomic E-state index is 0.521. The van der Waals surface area contributed by atoms with Crippen LogP contribution in [0.2, 0.25) is 0 Å². The van der Waals surface area contributed by atoms with E-state index in [-0.39, 0.29) is 0 Å². The number of para-hydroxylation sites is 2. The number of fused-ring (bicyclic) bond motifs is 8. The lowest BCUT2D eigenvalue weighted by Gasteiger charge is -2.24. The van der Waals surface area contributed by atoms with E-state index in [0.717, 1.165) is 99.9 Å². The van der Waals surface area contributed by atoms with Gasteiger partial charge in [0.25, 0.3) is 0 Å². The fraction of sp³-hybridized carbons (Fsp3) is 0.0435. The van der Waals surface area contributed by atoms with E-state index in [2.05, 4.69) is 126 Å². The highest BCUT2D eigenvalue weighted by Crippen LogP contribution is 2.41. The van der Waals surface area contributed by atoms with Crippen LogP contribution in [0.25, 0.3) is 60.0 Å². The van der Waals surface area contributed by atoms with Crippen LogP contribution < -0.4 is 10.6 Å². The minimum atomic E-state index is -0.521. The Bertz CT molecular complexity index is 3020. The van der Waals surface area contributed by atoms with Gasteiger partial charge in [0.1, 0.15) is 34.2 Å². The summed E-state index contributed by atoms with van der Waals surface area (Å²) in [4.78, 5) is 10.8. The van der Waals surface area contributed by atoms with Gasteiger partial charge in [-0.3, -0.25) is 0 Å². The second-order valence-electron chi connectivity index (χ2n) is 13.4. The van der Waals surface area contributed by atoms with E-state index in [1.54, 1.807) is 0 Å². The molecule has 1 unspecified atom stereocenters. The lowest BCUT2D eigenvalue weighted by Crippen LogP contribution is -2.36. The first-order chi connectivity index (χ1) is 25.7. The fourth-order valence-corrected chi connectivity index (χ4v) is 7.94. The molecule has 246 valence electrons. The number of hydrogen-bond donors (Lipinski definition) is 2. The third kappa shape index (κ3) is 4.51. The fourth-order valence-electron chi connectivity index (χ4n) is 7.94. The highest BCUT2D eigenvalue weighted by atomic mass is 16.3. The monoisotopic (exact) mass is 670 g/mol. The summed E-state index contributed by atoms with van der Waals surface area (Å²) in [7, 11) is 0. The largest absolute Gasteiger partial charge is 0.459 e. The van der Waals surface area contributed by atoms with E-state index in [1.165, 1.54) is 5.39 Å². The minimum Gasteiger partial charge on any atom is -0.459 e. The Hall–Kier alpha value is -6.92. The van der Waals surface area contributed by atoms with E-state index >= 15 is 0 Å². The van der Waals surface area contributed by atoms with Gasteiger partial charge < -0.3 is 19.5 Å². The maximum atomic E-state index is 6.35. The zero-order valence-electron chi connectivity index (χ0n) is 27.9. The maximum absolute atomic E-state index is 6.35. The number of nitrogens with one attached hydrogen (secondary N) is 2. The van der Waals surface area contributed by atoms with Crippen molar-refractivity contribution in [2.75, 3.05) is 0 Å². The van der Waals surface area contributed by atoms with E-state index in [4.69, 9.17) is 18.8 Å². The van der Waals surface area contributed by atoms with E-state index in [0.29, 0.717) is 6.54 Å². The molecule has 7 aromatic carbocycles. The average Bonchev–Trinajstić information content (AvgIpc) is 3.79. The van der Waals surface area contributed by atoms with Crippen LogP contribution >= 0.6 is 0 Å². The van der Waals surface area contributed by atoms with Crippen molar-refractivity contribution < 1.29 is 8.83 Å². The molecular weight excluding hydrogens is 641 g/mol. The molecule has 0 bridgehead atoms. The van der Waals surface area contributed by atoms with Crippen LogP contribution in [-0.2, 0) is 6.54 Å². The average molecular weight is 671 g/mol. The van der Waals surface area contributed by atoms with E-state index in [9.17, 15) is 0 Å². The zero-order chi connectivity index (χ0) is 34.2.